The molecular formula is C26H46F2N4O2. The van der Waals surface area contributed by atoms with Gasteiger partial charge in [-0.25, -0.2) is 8.78 Å². The summed E-state index contributed by atoms with van der Waals surface area (Å²) in [6.45, 7) is 14.5. The van der Waals surface area contributed by atoms with E-state index in [1.807, 2.05) is 4.90 Å². The van der Waals surface area contributed by atoms with Crippen LogP contribution in [0.15, 0.2) is 0 Å². The summed E-state index contributed by atoms with van der Waals surface area (Å²) in [6, 6.07) is 0.792. The Morgan fingerprint density at radius 3 is 1.68 bits per heavy atom. The van der Waals surface area contributed by atoms with E-state index < -0.39 is 5.92 Å². The van der Waals surface area contributed by atoms with Crippen molar-refractivity contribution in [2.24, 2.45) is 0 Å². The second-order valence-electron chi connectivity index (χ2n) is 12.4. The summed E-state index contributed by atoms with van der Waals surface area (Å²) in [6.07, 6.45) is 7.42. The van der Waals surface area contributed by atoms with Gasteiger partial charge in [0.2, 0.25) is 0 Å². The molecule has 0 radical (unpaired) electrons. The van der Waals surface area contributed by atoms with Crippen molar-refractivity contribution in [3.8, 4) is 0 Å². The van der Waals surface area contributed by atoms with Gasteiger partial charge >= 0.3 is 5.97 Å². The highest BCUT2D eigenvalue weighted by molar-refractivity contribution is 5.76. The van der Waals surface area contributed by atoms with Gasteiger partial charge < -0.3 is 4.74 Å². The Kier molecular flexibility index (Phi) is 7.65. The highest BCUT2D eigenvalue weighted by atomic mass is 19.3. The van der Waals surface area contributed by atoms with E-state index in [2.05, 4.69) is 42.4 Å². The van der Waals surface area contributed by atoms with Crippen LogP contribution in [-0.2, 0) is 9.53 Å². The summed E-state index contributed by atoms with van der Waals surface area (Å²) >= 11 is 0. The predicted molar refractivity (Wildman–Crippen MR) is 130 cm³/mol. The largest absolute Gasteiger partial charge is 0.468 e. The van der Waals surface area contributed by atoms with Gasteiger partial charge in [0.1, 0.15) is 6.04 Å². The topological polar surface area (TPSA) is 39.3 Å². The van der Waals surface area contributed by atoms with E-state index in [1.165, 1.54) is 7.11 Å². The van der Waals surface area contributed by atoms with Gasteiger partial charge in [-0.3, -0.25) is 24.4 Å². The number of halogens is 2. The summed E-state index contributed by atoms with van der Waals surface area (Å²) in [5.74, 6) is -2.54. The van der Waals surface area contributed by atoms with Crippen LogP contribution >= 0.6 is 0 Å². The first-order chi connectivity index (χ1) is 15.9. The molecule has 0 aliphatic carbocycles. The Hall–Kier alpha value is -0.830. The van der Waals surface area contributed by atoms with Crippen molar-refractivity contribution in [1.29, 1.82) is 0 Å². The smallest absolute Gasteiger partial charge is 0.323 e. The van der Waals surface area contributed by atoms with Crippen molar-refractivity contribution in [3.05, 3.63) is 0 Å². The van der Waals surface area contributed by atoms with E-state index in [1.54, 1.807) is 0 Å². The zero-order valence-corrected chi connectivity index (χ0v) is 22.0. The number of hydrogen-bond donors (Lipinski definition) is 0. The maximum atomic E-state index is 13.2. The van der Waals surface area contributed by atoms with E-state index >= 15 is 0 Å². The molecular weight excluding hydrogens is 438 g/mol. The molecule has 0 aromatic rings. The minimum absolute atomic E-state index is 0.0305. The Balaban J connectivity index is 1.20. The fourth-order valence-electron chi connectivity index (χ4n) is 6.61. The molecule has 0 spiro atoms. The van der Waals surface area contributed by atoms with Crippen LogP contribution < -0.4 is 0 Å². The molecule has 4 saturated heterocycles. The molecule has 4 rings (SSSR count). The van der Waals surface area contributed by atoms with Gasteiger partial charge in [-0.1, -0.05) is 0 Å². The zero-order chi connectivity index (χ0) is 24.7. The Labute approximate surface area is 204 Å². The highest BCUT2D eigenvalue weighted by Crippen LogP contribution is 2.36. The lowest BCUT2D eigenvalue weighted by atomic mass is 9.84. The molecule has 1 atom stereocenters. The first-order valence-corrected chi connectivity index (χ1v) is 13.4. The van der Waals surface area contributed by atoms with Crippen molar-refractivity contribution in [1.82, 2.24) is 19.6 Å². The van der Waals surface area contributed by atoms with Crippen LogP contribution in [0, 0.1) is 0 Å². The Bertz CT molecular complexity index is 708. The average Bonchev–Trinajstić information content (AvgIpc) is 2.76. The molecule has 4 aliphatic rings. The molecule has 34 heavy (non-hydrogen) atoms. The highest BCUT2D eigenvalue weighted by Gasteiger charge is 2.47. The van der Waals surface area contributed by atoms with E-state index in [4.69, 9.17) is 4.74 Å². The summed E-state index contributed by atoms with van der Waals surface area (Å²) in [5, 5.41) is 0. The van der Waals surface area contributed by atoms with Crippen LogP contribution in [0.4, 0.5) is 8.78 Å². The summed E-state index contributed by atoms with van der Waals surface area (Å²) < 4.78 is 31.5. The normalized spacial score (nSPS) is 29.0. The lowest BCUT2D eigenvalue weighted by Crippen LogP contribution is -2.62. The van der Waals surface area contributed by atoms with Gasteiger partial charge in [0, 0.05) is 55.9 Å². The van der Waals surface area contributed by atoms with Crippen molar-refractivity contribution in [3.63, 3.8) is 0 Å². The second kappa shape index (κ2) is 9.91. The van der Waals surface area contributed by atoms with E-state index in [0.29, 0.717) is 12.1 Å². The number of hydrogen-bond acceptors (Lipinski definition) is 6. The maximum absolute atomic E-state index is 13.2. The molecule has 0 saturated carbocycles. The predicted octanol–water partition coefficient (Wildman–Crippen LogP) is 3.45. The number of carbonyl (C=O) groups excluding carboxylic acids is 1. The molecule has 196 valence electrons. The van der Waals surface area contributed by atoms with Gasteiger partial charge in [-0.05, 0) is 72.6 Å². The molecule has 4 aliphatic heterocycles. The monoisotopic (exact) mass is 484 g/mol. The van der Waals surface area contributed by atoms with Crippen molar-refractivity contribution in [2.45, 2.75) is 108 Å². The molecule has 0 bridgehead atoms. The first kappa shape index (κ1) is 26.2. The standard InChI is InChI=1S/C26H46F2N4O2/c1-24(2,30-13-6-20(7-14-30)29-18-26(27,28)19-29)11-12-25(3,4)31-15-8-21(9-16-31)32-17-10-22(32)23(33)34-5/h20-22H,6-19H2,1-5H3. The van der Waals surface area contributed by atoms with E-state index in [-0.39, 0.29) is 36.2 Å². The third-order valence-corrected chi connectivity index (χ3v) is 9.38. The minimum atomic E-state index is -2.46. The van der Waals surface area contributed by atoms with Gasteiger partial charge in [0.05, 0.1) is 20.2 Å². The third kappa shape index (κ3) is 5.60. The van der Waals surface area contributed by atoms with Crippen LogP contribution in [0.2, 0.25) is 0 Å². The fraction of sp³-hybridized carbons (Fsp3) is 0.962. The van der Waals surface area contributed by atoms with Gasteiger partial charge in [-0.2, -0.15) is 0 Å². The third-order valence-electron chi connectivity index (χ3n) is 9.38. The first-order valence-electron chi connectivity index (χ1n) is 13.4. The number of ether oxygens (including phenoxy) is 1. The quantitative estimate of drug-likeness (QED) is 0.492. The number of alkyl halides is 2. The van der Waals surface area contributed by atoms with Gasteiger partial charge in [0.25, 0.3) is 5.92 Å². The van der Waals surface area contributed by atoms with Crippen LogP contribution in [0.5, 0.6) is 0 Å². The van der Waals surface area contributed by atoms with Gasteiger partial charge in [0.15, 0.2) is 0 Å². The van der Waals surface area contributed by atoms with Crippen molar-refractivity contribution < 1.29 is 18.3 Å². The molecule has 8 heteroatoms. The fourth-order valence-corrected chi connectivity index (χ4v) is 6.61. The number of esters is 1. The van der Waals surface area contributed by atoms with Crippen molar-refractivity contribution in [2.75, 3.05) is 52.9 Å². The number of piperidine rings is 2. The van der Waals surface area contributed by atoms with E-state index in [9.17, 15) is 13.6 Å². The summed E-state index contributed by atoms with van der Waals surface area (Å²) in [5.41, 5.74) is 0.255. The zero-order valence-electron chi connectivity index (χ0n) is 22.0. The summed E-state index contributed by atoms with van der Waals surface area (Å²) in [7, 11) is 1.49. The number of nitrogens with zero attached hydrogens (tertiary/aromatic N) is 4. The summed E-state index contributed by atoms with van der Waals surface area (Å²) in [4.78, 5) is 21.5. The lowest BCUT2D eigenvalue weighted by Gasteiger charge is -2.51. The molecule has 4 heterocycles. The molecule has 0 amide bonds. The molecule has 1 unspecified atom stereocenters. The van der Waals surface area contributed by atoms with Crippen LogP contribution in [0.1, 0.15) is 72.6 Å². The van der Waals surface area contributed by atoms with Crippen LogP contribution in [0.3, 0.4) is 0 Å². The number of rotatable bonds is 8. The molecule has 4 fully saturated rings. The Morgan fingerprint density at radius 1 is 0.824 bits per heavy atom. The molecule has 0 N–H and O–H groups in total. The number of carbonyl (C=O) groups is 1. The maximum Gasteiger partial charge on any atom is 0.323 e. The number of likely N-dealkylation sites (tertiary alicyclic amines) is 4. The van der Waals surface area contributed by atoms with E-state index in [0.717, 1.165) is 77.7 Å². The van der Waals surface area contributed by atoms with Crippen LogP contribution in [0.25, 0.3) is 0 Å². The molecule has 0 aromatic carbocycles. The minimum Gasteiger partial charge on any atom is -0.468 e. The van der Waals surface area contributed by atoms with Gasteiger partial charge in [-0.15, -0.1) is 0 Å². The Morgan fingerprint density at radius 2 is 1.29 bits per heavy atom. The molecule has 6 nitrogen and oxygen atoms in total. The average molecular weight is 485 g/mol. The lowest BCUT2D eigenvalue weighted by molar-refractivity contribution is -0.155. The number of methoxy groups -OCH3 is 1. The SMILES string of the molecule is COC(=O)C1CCN1C1CCN(C(C)(C)CCC(C)(C)N2CCC(N3CC(F)(F)C3)CC2)CC1. The van der Waals surface area contributed by atoms with Crippen LogP contribution in [-0.4, -0.2) is 114 Å². The molecule has 0 aromatic heterocycles. The second-order valence-corrected chi connectivity index (χ2v) is 12.4. The van der Waals surface area contributed by atoms with Crippen molar-refractivity contribution >= 4 is 5.97 Å².